The van der Waals surface area contributed by atoms with E-state index >= 15 is 0 Å². The molecule has 6 nitrogen and oxygen atoms in total. The molecule has 0 aromatic carbocycles. The second kappa shape index (κ2) is 5.69. The number of likely N-dealkylation sites (N-methyl/N-ethyl adjacent to an activating group) is 1. The van der Waals surface area contributed by atoms with Gasteiger partial charge in [-0.05, 0) is 6.42 Å². The van der Waals surface area contributed by atoms with E-state index in [4.69, 9.17) is 16.1 Å². The number of nitrogens with zero attached hydrogens (tertiary/aromatic N) is 3. The molecule has 2 heterocycles. The van der Waals surface area contributed by atoms with E-state index in [0.29, 0.717) is 18.0 Å². The summed E-state index contributed by atoms with van der Waals surface area (Å²) in [6.45, 7) is 7.50. The molecule has 0 saturated carbocycles. The average molecular weight is 314 g/mol. The Balaban J connectivity index is 2.30. The number of aliphatic hydroxyl groups excluding tert-OH is 1. The van der Waals surface area contributed by atoms with E-state index in [1.165, 1.54) is 9.80 Å². The van der Waals surface area contributed by atoms with Gasteiger partial charge in [-0.3, -0.25) is 0 Å². The zero-order valence-corrected chi connectivity index (χ0v) is 13.2. The molecule has 2 atom stereocenters. The number of anilines is 1. The molecule has 2 unspecified atom stereocenters. The van der Waals surface area contributed by atoms with Gasteiger partial charge in [-0.25, -0.2) is 9.69 Å². The summed E-state index contributed by atoms with van der Waals surface area (Å²) in [7, 11) is 1.64. The van der Waals surface area contributed by atoms with E-state index in [1.807, 2.05) is 13.8 Å². The first-order valence-electron chi connectivity index (χ1n) is 6.71. The first-order valence-corrected chi connectivity index (χ1v) is 7.25. The molecule has 1 aromatic rings. The van der Waals surface area contributed by atoms with Crippen LogP contribution in [0.5, 0.6) is 0 Å². The number of hydrogen-bond acceptors (Lipinski definition) is 4. The van der Waals surface area contributed by atoms with Crippen molar-refractivity contribution in [3.8, 4) is 0 Å². The third-order valence-electron chi connectivity index (χ3n) is 3.78. The van der Waals surface area contributed by atoms with Crippen molar-refractivity contribution in [3.63, 3.8) is 0 Å². The summed E-state index contributed by atoms with van der Waals surface area (Å²) in [5.41, 5.74) is 0.269. The van der Waals surface area contributed by atoms with Crippen LogP contribution in [-0.2, 0) is 5.41 Å². The van der Waals surface area contributed by atoms with Crippen LogP contribution in [0.3, 0.4) is 0 Å². The minimum absolute atomic E-state index is 0.221. The van der Waals surface area contributed by atoms with E-state index in [0.717, 1.165) is 0 Å². The lowest BCUT2D eigenvalue weighted by molar-refractivity contribution is 0.127. The fourth-order valence-corrected chi connectivity index (χ4v) is 2.38. The highest BCUT2D eigenvalue weighted by Crippen LogP contribution is 2.32. The molecule has 0 spiro atoms. The summed E-state index contributed by atoms with van der Waals surface area (Å²) < 4.78 is 5.24. The van der Waals surface area contributed by atoms with E-state index in [9.17, 15) is 9.90 Å². The Bertz CT molecular complexity index is 543. The Morgan fingerprint density at radius 2 is 2.29 bits per heavy atom. The maximum absolute atomic E-state index is 12.3. The Morgan fingerprint density at radius 3 is 2.86 bits per heavy atom. The number of urea groups is 1. The van der Waals surface area contributed by atoms with Crippen LogP contribution in [0.1, 0.15) is 26.0 Å². The number of carbonyl (C=O) groups excluding carboxylic acids is 1. The number of hydrogen-bond donors (Lipinski definition) is 1. The van der Waals surface area contributed by atoms with Crippen LogP contribution in [0.15, 0.2) is 23.2 Å². The Hall–Kier alpha value is -1.53. The summed E-state index contributed by atoms with van der Waals surface area (Å²) >= 11 is 5.91. The van der Waals surface area contributed by atoms with Crippen molar-refractivity contribution >= 4 is 23.5 Å². The molecule has 1 saturated heterocycles. The van der Waals surface area contributed by atoms with Crippen molar-refractivity contribution in [3.05, 3.63) is 24.4 Å². The largest absolute Gasteiger partial charge is 0.371 e. The minimum Gasteiger partial charge on any atom is -0.371 e. The molecule has 0 radical (unpaired) electrons. The number of rotatable bonds is 5. The lowest BCUT2D eigenvalue weighted by Crippen LogP contribution is -2.36. The molecule has 1 aliphatic rings. The summed E-state index contributed by atoms with van der Waals surface area (Å²) in [4.78, 5) is 15.0. The maximum atomic E-state index is 12.3. The first-order chi connectivity index (χ1) is 9.83. The van der Waals surface area contributed by atoms with Gasteiger partial charge in [0.15, 0.2) is 6.23 Å². The zero-order chi connectivity index (χ0) is 15.8. The average Bonchev–Trinajstić information content (AvgIpc) is 3.00. The fourth-order valence-electron chi connectivity index (χ4n) is 2.24. The van der Waals surface area contributed by atoms with E-state index in [-0.39, 0.29) is 23.4 Å². The molecule has 2 rings (SSSR count). The van der Waals surface area contributed by atoms with Crippen LogP contribution in [0, 0.1) is 0 Å². The number of aromatic nitrogens is 1. The number of carbonyl (C=O) groups is 1. The molecule has 1 fully saturated rings. The van der Waals surface area contributed by atoms with Crippen molar-refractivity contribution in [2.45, 2.75) is 38.0 Å². The summed E-state index contributed by atoms with van der Waals surface area (Å²) in [6, 6.07) is 0.957. The molecule has 7 heteroatoms. The molecule has 1 N–H and O–H groups in total. The number of alkyl halides is 1. The molecule has 21 heavy (non-hydrogen) atoms. The highest BCUT2D eigenvalue weighted by molar-refractivity contribution is 6.18. The van der Waals surface area contributed by atoms with Crippen molar-refractivity contribution in [2.75, 3.05) is 17.8 Å². The van der Waals surface area contributed by atoms with E-state index in [1.54, 1.807) is 19.2 Å². The van der Waals surface area contributed by atoms with Crippen molar-refractivity contribution in [1.82, 2.24) is 10.1 Å². The van der Waals surface area contributed by atoms with Gasteiger partial charge in [-0.15, -0.1) is 18.2 Å². The predicted octanol–water partition coefficient (Wildman–Crippen LogP) is 2.33. The molecular formula is C14H20ClN3O3. The van der Waals surface area contributed by atoms with Gasteiger partial charge in [0.05, 0.1) is 11.7 Å². The van der Waals surface area contributed by atoms with Gasteiger partial charge in [0.2, 0.25) is 5.88 Å². The minimum atomic E-state index is -1.000. The monoisotopic (exact) mass is 313 g/mol. The molecule has 2 amide bonds. The summed E-state index contributed by atoms with van der Waals surface area (Å²) in [5.74, 6) is 0.591. The summed E-state index contributed by atoms with van der Waals surface area (Å²) in [6.07, 6.45) is 1.16. The standard InChI is InChI=1S/C14H20ClN3O3/c1-5-6-9-12(19)18(13(20)17(9)4)11-7-10(16-21-11)14(2,3)8-15/h5,7,9,12,19H,1,6,8H2,2-4H3. The second-order valence-corrected chi connectivity index (χ2v) is 6.10. The topological polar surface area (TPSA) is 69.8 Å². The Kier molecular flexibility index (Phi) is 4.30. The van der Waals surface area contributed by atoms with Crippen LogP contribution >= 0.6 is 11.6 Å². The first kappa shape index (κ1) is 15.9. The van der Waals surface area contributed by atoms with Crippen LogP contribution < -0.4 is 4.90 Å². The zero-order valence-electron chi connectivity index (χ0n) is 12.4. The van der Waals surface area contributed by atoms with Crippen molar-refractivity contribution in [1.29, 1.82) is 0 Å². The van der Waals surface area contributed by atoms with Crippen LogP contribution in [0.2, 0.25) is 0 Å². The third-order valence-corrected chi connectivity index (χ3v) is 4.45. The fraction of sp³-hybridized carbons (Fsp3) is 0.571. The molecule has 0 bridgehead atoms. The number of aliphatic hydroxyl groups is 1. The van der Waals surface area contributed by atoms with Gasteiger partial charge >= 0.3 is 6.03 Å². The lowest BCUT2D eigenvalue weighted by atomic mass is 9.92. The Labute approximate surface area is 128 Å². The smallest absolute Gasteiger partial charge is 0.329 e. The molecule has 116 valence electrons. The van der Waals surface area contributed by atoms with E-state index in [2.05, 4.69) is 11.7 Å². The van der Waals surface area contributed by atoms with Gasteiger partial charge < -0.3 is 14.5 Å². The highest BCUT2D eigenvalue weighted by atomic mass is 35.5. The van der Waals surface area contributed by atoms with Crippen molar-refractivity contribution in [2.24, 2.45) is 0 Å². The molecule has 0 aliphatic carbocycles. The van der Waals surface area contributed by atoms with Crippen molar-refractivity contribution < 1.29 is 14.4 Å². The van der Waals surface area contributed by atoms with Gasteiger partial charge in [-0.2, -0.15) is 0 Å². The van der Waals surface area contributed by atoms with Gasteiger partial charge in [0.1, 0.15) is 0 Å². The van der Waals surface area contributed by atoms with E-state index < -0.39 is 6.23 Å². The normalized spacial score (nSPS) is 23.0. The second-order valence-electron chi connectivity index (χ2n) is 5.84. The van der Waals surface area contributed by atoms with Gasteiger partial charge in [-0.1, -0.05) is 25.1 Å². The van der Waals surface area contributed by atoms with Gasteiger partial charge in [0, 0.05) is 24.4 Å². The quantitative estimate of drug-likeness (QED) is 0.669. The van der Waals surface area contributed by atoms with Crippen LogP contribution in [0.25, 0.3) is 0 Å². The highest BCUT2D eigenvalue weighted by Gasteiger charge is 2.45. The van der Waals surface area contributed by atoms with Crippen LogP contribution in [-0.4, -0.2) is 46.4 Å². The summed E-state index contributed by atoms with van der Waals surface area (Å²) in [5, 5.41) is 14.3. The predicted molar refractivity (Wildman–Crippen MR) is 80.5 cm³/mol. The van der Waals surface area contributed by atoms with Gasteiger partial charge in [0.25, 0.3) is 0 Å². The molecular weight excluding hydrogens is 294 g/mol. The number of halogens is 1. The third kappa shape index (κ3) is 2.65. The molecule has 1 aromatic heterocycles. The number of amides is 2. The maximum Gasteiger partial charge on any atom is 0.329 e. The lowest BCUT2D eigenvalue weighted by Gasteiger charge is -2.19. The van der Waals surface area contributed by atoms with Crippen LogP contribution in [0.4, 0.5) is 10.7 Å². The Morgan fingerprint density at radius 1 is 1.62 bits per heavy atom. The molecule has 1 aliphatic heterocycles. The SMILES string of the molecule is C=CCC1C(O)N(c2cc(C(C)(C)CCl)no2)C(=O)N1C.